The van der Waals surface area contributed by atoms with Crippen molar-refractivity contribution in [2.24, 2.45) is 0 Å². The van der Waals surface area contributed by atoms with Crippen LogP contribution < -0.4 is 5.32 Å². The molecule has 0 unspecified atom stereocenters. The maximum Gasteiger partial charge on any atom is 0.331 e. The minimum atomic E-state index is -0.553. The number of benzene rings is 1. The van der Waals surface area contributed by atoms with Crippen molar-refractivity contribution in [3.05, 3.63) is 34.7 Å². The van der Waals surface area contributed by atoms with Gasteiger partial charge in [0.25, 0.3) is 6.57 Å². The van der Waals surface area contributed by atoms with Crippen molar-refractivity contribution in [1.82, 2.24) is 4.90 Å². The van der Waals surface area contributed by atoms with Crippen LogP contribution in [-0.4, -0.2) is 37.4 Å². The number of carbonyl (C=O) groups is 1. The van der Waals surface area contributed by atoms with Crippen LogP contribution in [0.4, 0.5) is 5.69 Å². The van der Waals surface area contributed by atoms with E-state index in [-0.39, 0.29) is 12.1 Å². The Bertz CT molecular complexity index is 566. The number of anilines is 1. The number of hydrogen-bond acceptors (Lipinski definition) is 3. The van der Waals surface area contributed by atoms with Crippen LogP contribution in [0.15, 0.2) is 24.3 Å². The zero-order chi connectivity index (χ0) is 13.5. The second-order valence-corrected chi connectivity index (χ2v) is 5.08. The summed E-state index contributed by atoms with van der Waals surface area (Å²) in [5.41, 5.74) is 1.37. The third-order valence-corrected chi connectivity index (χ3v) is 4.02. The number of para-hydroxylation sites is 1. The first-order valence-electron chi connectivity index (χ1n) is 6.25. The highest BCUT2D eigenvalue weighted by molar-refractivity contribution is 6.06. The Balaban J connectivity index is 2.01. The number of carbonyl (C=O) groups excluding carboxylic acids is 1. The van der Waals surface area contributed by atoms with Gasteiger partial charge in [-0.05, 0) is 11.6 Å². The van der Waals surface area contributed by atoms with Crippen molar-refractivity contribution < 1.29 is 9.53 Å². The van der Waals surface area contributed by atoms with E-state index in [9.17, 15) is 4.79 Å². The standard InChI is InChI=1S/C14H15N3O2/c1-15-12-7-14(8-17(12)9-19-2)10-5-3-4-6-11(10)16-13(14)18/h1,3-6,12H,7-9H2,2H3/p+1/t12-,14-/m0/s1. The first kappa shape index (κ1) is 12.2. The van der Waals surface area contributed by atoms with Crippen LogP contribution in [0.25, 0.3) is 4.85 Å². The maximum atomic E-state index is 12.4. The molecule has 1 fully saturated rings. The highest BCUT2D eigenvalue weighted by Crippen LogP contribution is 2.46. The highest BCUT2D eigenvalue weighted by Gasteiger charge is 2.58. The van der Waals surface area contributed by atoms with Crippen LogP contribution in [0.2, 0.25) is 0 Å². The molecule has 1 aromatic carbocycles. The zero-order valence-electron chi connectivity index (χ0n) is 10.8. The van der Waals surface area contributed by atoms with E-state index in [4.69, 9.17) is 11.3 Å². The number of methoxy groups -OCH3 is 1. The molecule has 1 saturated heterocycles. The summed E-state index contributed by atoms with van der Waals surface area (Å²) in [5.74, 6) is 0.0287. The number of amides is 1. The van der Waals surface area contributed by atoms with Gasteiger partial charge in [-0.15, -0.1) is 0 Å². The molecule has 0 aliphatic carbocycles. The fourth-order valence-corrected chi connectivity index (χ4v) is 3.14. The van der Waals surface area contributed by atoms with Crippen molar-refractivity contribution in [2.75, 3.05) is 25.7 Å². The number of fused-ring (bicyclic) bond motifs is 2. The third kappa shape index (κ3) is 1.65. The van der Waals surface area contributed by atoms with Crippen molar-refractivity contribution >= 4 is 11.6 Å². The largest absolute Gasteiger partial charge is 0.369 e. The SMILES string of the molecule is C#[N+][C@@H]1C[C@@]2(CN1COC)C(=O)Nc1ccccc12. The van der Waals surface area contributed by atoms with Gasteiger partial charge in [-0.2, -0.15) is 0 Å². The highest BCUT2D eigenvalue weighted by atomic mass is 16.5. The quantitative estimate of drug-likeness (QED) is 0.874. The minimum Gasteiger partial charge on any atom is -0.369 e. The van der Waals surface area contributed by atoms with Crippen LogP contribution in [0, 0.1) is 6.57 Å². The Morgan fingerprint density at radius 2 is 2.37 bits per heavy atom. The van der Waals surface area contributed by atoms with Crippen molar-refractivity contribution in [3.63, 3.8) is 0 Å². The fraction of sp³-hybridized carbons (Fsp3) is 0.429. The molecule has 2 aliphatic heterocycles. The van der Waals surface area contributed by atoms with Crippen molar-refractivity contribution in [1.29, 1.82) is 0 Å². The van der Waals surface area contributed by atoms with Gasteiger partial charge in [0, 0.05) is 19.3 Å². The van der Waals surface area contributed by atoms with Crippen LogP contribution >= 0.6 is 0 Å². The molecule has 1 aromatic rings. The van der Waals surface area contributed by atoms with E-state index in [1.807, 2.05) is 29.2 Å². The Kier molecular flexibility index (Phi) is 2.77. The molecule has 2 atom stereocenters. The normalized spacial score (nSPS) is 29.3. The molecule has 5 nitrogen and oxygen atoms in total. The summed E-state index contributed by atoms with van der Waals surface area (Å²) in [7, 11) is 1.63. The number of ether oxygens (including phenoxy) is 1. The average molecular weight is 258 g/mol. The molecule has 5 heteroatoms. The van der Waals surface area contributed by atoms with E-state index in [1.54, 1.807) is 7.11 Å². The van der Waals surface area contributed by atoms with Gasteiger partial charge in [0.1, 0.15) is 6.73 Å². The van der Waals surface area contributed by atoms with Crippen molar-refractivity contribution in [3.8, 4) is 6.57 Å². The summed E-state index contributed by atoms with van der Waals surface area (Å²) in [6, 6.07) is 7.80. The summed E-state index contributed by atoms with van der Waals surface area (Å²) in [6.45, 7) is 6.46. The molecule has 0 bridgehead atoms. The molecule has 0 aromatic heterocycles. The summed E-state index contributed by atoms with van der Waals surface area (Å²) < 4.78 is 5.16. The molecule has 19 heavy (non-hydrogen) atoms. The second kappa shape index (κ2) is 4.34. The van der Waals surface area contributed by atoms with Gasteiger partial charge in [0.2, 0.25) is 5.91 Å². The molecule has 98 valence electrons. The fourth-order valence-electron chi connectivity index (χ4n) is 3.14. The molecule has 1 N–H and O–H groups in total. The molecular weight excluding hydrogens is 242 g/mol. The van der Waals surface area contributed by atoms with Crippen LogP contribution in [0.3, 0.4) is 0 Å². The van der Waals surface area contributed by atoms with Crippen molar-refractivity contribution in [2.45, 2.75) is 18.0 Å². The monoisotopic (exact) mass is 258 g/mol. The Hall–Kier alpha value is -1.90. The molecule has 1 amide bonds. The van der Waals surface area contributed by atoms with Gasteiger partial charge in [-0.25, -0.2) is 4.90 Å². The van der Waals surface area contributed by atoms with E-state index in [0.717, 1.165) is 11.3 Å². The van der Waals surface area contributed by atoms with Gasteiger partial charge in [-0.1, -0.05) is 23.0 Å². The molecule has 0 radical (unpaired) electrons. The molecule has 2 aliphatic rings. The average Bonchev–Trinajstić information content (AvgIpc) is 2.91. The first-order valence-corrected chi connectivity index (χ1v) is 6.25. The van der Waals surface area contributed by atoms with Gasteiger partial charge in [-0.3, -0.25) is 4.79 Å². The van der Waals surface area contributed by atoms with Gasteiger partial charge < -0.3 is 10.1 Å². The lowest BCUT2D eigenvalue weighted by Gasteiger charge is -2.20. The van der Waals surface area contributed by atoms with E-state index in [2.05, 4.69) is 10.2 Å². The number of nitrogens with zero attached hydrogens (tertiary/aromatic N) is 2. The molecular formula is C14H16N3O2+. The number of nitrogens with one attached hydrogen (secondary N) is 1. The van der Waals surface area contributed by atoms with Crippen LogP contribution in [0.1, 0.15) is 12.0 Å². The predicted molar refractivity (Wildman–Crippen MR) is 72.0 cm³/mol. The van der Waals surface area contributed by atoms with E-state index < -0.39 is 5.41 Å². The molecule has 0 saturated carbocycles. The van der Waals surface area contributed by atoms with Crippen LogP contribution in [0.5, 0.6) is 0 Å². The number of likely N-dealkylation sites (tertiary alicyclic amines) is 1. The minimum absolute atomic E-state index is 0.0287. The summed E-state index contributed by atoms with van der Waals surface area (Å²) >= 11 is 0. The Labute approximate surface area is 112 Å². The zero-order valence-corrected chi connectivity index (χ0v) is 10.8. The lowest BCUT2D eigenvalue weighted by Crippen LogP contribution is -2.38. The molecule has 2 heterocycles. The van der Waals surface area contributed by atoms with E-state index >= 15 is 0 Å². The van der Waals surface area contributed by atoms with E-state index in [0.29, 0.717) is 19.7 Å². The number of rotatable bonds is 2. The Morgan fingerprint density at radius 3 is 3.11 bits per heavy atom. The summed E-state index contributed by atoms with van der Waals surface area (Å²) in [6.07, 6.45) is 0.409. The van der Waals surface area contributed by atoms with Crippen LogP contribution in [-0.2, 0) is 14.9 Å². The molecule has 3 rings (SSSR count). The lowest BCUT2D eigenvalue weighted by molar-refractivity contribution is -0.120. The smallest absolute Gasteiger partial charge is 0.331 e. The Morgan fingerprint density at radius 1 is 1.58 bits per heavy atom. The third-order valence-electron chi connectivity index (χ3n) is 4.02. The lowest BCUT2D eigenvalue weighted by atomic mass is 9.80. The van der Waals surface area contributed by atoms with Gasteiger partial charge in [0.15, 0.2) is 0 Å². The predicted octanol–water partition coefficient (Wildman–Crippen LogP) is 1.47. The molecule has 1 spiro atoms. The summed E-state index contributed by atoms with van der Waals surface area (Å²) in [5, 5.41) is 2.95. The maximum absolute atomic E-state index is 12.4. The second-order valence-electron chi connectivity index (χ2n) is 5.08. The first-order chi connectivity index (χ1) is 9.21. The topological polar surface area (TPSA) is 45.9 Å². The summed E-state index contributed by atoms with van der Waals surface area (Å²) in [4.78, 5) is 18.3. The van der Waals surface area contributed by atoms with Gasteiger partial charge >= 0.3 is 6.17 Å². The van der Waals surface area contributed by atoms with Gasteiger partial charge in [0.05, 0.1) is 11.8 Å². The number of hydrogen-bond donors (Lipinski definition) is 1. The van der Waals surface area contributed by atoms with E-state index in [1.165, 1.54) is 0 Å².